The Labute approximate surface area is 203 Å². The normalized spacial score (nSPS) is 15.4. The maximum absolute atomic E-state index is 12.7. The molecule has 3 heterocycles. The van der Waals surface area contributed by atoms with Gasteiger partial charge in [-0.15, -0.1) is 0 Å². The number of carbonyl (C=O) groups excluding carboxylic acids is 1. The minimum absolute atomic E-state index is 0.0602. The number of ketones is 1. The molecule has 0 radical (unpaired) electrons. The number of aromatic nitrogens is 3. The van der Waals surface area contributed by atoms with Gasteiger partial charge in [0.2, 0.25) is 5.95 Å². The van der Waals surface area contributed by atoms with Gasteiger partial charge in [-0.1, -0.05) is 25.4 Å². The Morgan fingerprint density at radius 1 is 1.29 bits per heavy atom. The number of fused-ring (bicyclic) bond motifs is 1. The molecule has 34 heavy (non-hydrogen) atoms. The van der Waals surface area contributed by atoms with Crippen molar-refractivity contribution in [3.63, 3.8) is 0 Å². The van der Waals surface area contributed by atoms with Crippen LogP contribution in [0.3, 0.4) is 0 Å². The maximum Gasteiger partial charge on any atom is 0.293 e. The van der Waals surface area contributed by atoms with Gasteiger partial charge in [0.05, 0.1) is 11.7 Å². The summed E-state index contributed by atoms with van der Waals surface area (Å²) in [4.78, 5) is 36.0. The van der Waals surface area contributed by atoms with Crippen LogP contribution in [0.5, 0.6) is 5.75 Å². The van der Waals surface area contributed by atoms with Crippen LogP contribution in [0.15, 0.2) is 35.3 Å². The fraction of sp³-hybridized carbons (Fsp3) is 0.440. The van der Waals surface area contributed by atoms with Gasteiger partial charge in [-0.2, -0.15) is 4.98 Å². The number of rotatable bonds is 7. The second-order valence-corrected chi connectivity index (χ2v) is 9.29. The summed E-state index contributed by atoms with van der Waals surface area (Å²) in [6.07, 6.45) is 3.51. The van der Waals surface area contributed by atoms with Crippen molar-refractivity contribution in [3.8, 4) is 5.75 Å². The largest absolute Gasteiger partial charge is 0.477 e. The summed E-state index contributed by atoms with van der Waals surface area (Å²) >= 11 is 6.39. The minimum Gasteiger partial charge on any atom is -0.477 e. The SMILES string of the molecule is CCC(=O)[C@H](C)Oc1cc2cc(Nc3nc(N4CCC(C)CC4)ncc3Cl)ccc2n(C)c1=O. The lowest BCUT2D eigenvalue weighted by Gasteiger charge is -2.30. The molecule has 1 aliphatic rings. The number of ether oxygens (including phenoxy) is 1. The van der Waals surface area contributed by atoms with E-state index < -0.39 is 6.10 Å². The number of nitrogens with one attached hydrogen (secondary N) is 1. The summed E-state index contributed by atoms with van der Waals surface area (Å²) in [5, 5.41) is 4.49. The highest BCUT2D eigenvalue weighted by molar-refractivity contribution is 6.32. The average molecular weight is 484 g/mol. The third-order valence-corrected chi connectivity index (χ3v) is 6.63. The lowest BCUT2D eigenvalue weighted by Crippen LogP contribution is -2.34. The fourth-order valence-electron chi connectivity index (χ4n) is 4.10. The lowest BCUT2D eigenvalue weighted by molar-refractivity contribution is -0.124. The van der Waals surface area contributed by atoms with Crippen LogP contribution in [-0.2, 0) is 11.8 Å². The van der Waals surface area contributed by atoms with Crippen LogP contribution >= 0.6 is 11.6 Å². The smallest absolute Gasteiger partial charge is 0.293 e. The zero-order valence-electron chi connectivity index (χ0n) is 20.0. The third kappa shape index (κ3) is 5.01. The quantitative estimate of drug-likeness (QED) is 0.520. The third-order valence-electron chi connectivity index (χ3n) is 6.36. The predicted molar refractivity (Wildman–Crippen MR) is 136 cm³/mol. The number of hydrogen-bond acceptors (Lipinski definition) is 7. The molecule has 180 valence electrons. The highest BCUT2D eigenvalue weighted by atomic mass is 35.5. The molecule has 2 aromatic heterocycles. The summed E-state index contributed by atoms with van der Waals surface area (Å²) in [6.45, 7) is 7.54. The van der Waals surface area contributed by atoms with Crippen molar-refractivity contribution >= 4 is 45.7 Å². The summed E-state index contributed by atoms with van der Waals surface area (Å²) in [7, 11) is 1.68. The Bertz CT molecular complexity index is 1270. The van der Waals surface area contributed by atoms with E-state index in [1.54, 1.807) is 33.2 Å². The number of hydrogen-bond donors (Lipinski definition) is 1. The summed E-state index contributed by atoms with van der Waals surface area (Å²) < 4.78 is 7.22. The van der Waals surface area contributed by atoms with E-state index >= 15 is 0 Å². The molecule has 1 aromatic carbocycles. The van der Waals surface area contributed by atoms with Gasteiger partial charge >= 0.3 is 0 Å². The van der Waals surface area contributed by atoms with Crippen molar-refractivity contribution in [2.24, 2.45) is 13.0 Å². The number of carbonyl (C=O) groups is 1. The van der Waals surface area contributed by atoms with Crippen LogP contribution in [0.25, 0.3) is 10.9 Å². The zero-order valence-corrected chi connectivity index (χ0v) is 20.7. The van der Waals surface area contributed by atoms with E-state index in [2.05, 4.69) is 27.1 Å². The molecule has 8 nitrogen and oxygen atoms in total. The van der Waals surface area contributed by atoms with Gasteiger partial charge in [0.1, 0.15) is 5.02 Å². The van der Waals surface area contributed by atoms with E-state index in [-0.39, 0.29) is 17.1 Å². The molecule has 1 saturated heterocycles. The van der Waals surface area contributed by atoms with Gasteiger partial charge in [0.15, 0.2) is 23.5 Å². The molecule has 0 aliphatic carbocycles. The monoisotopic (exact) mass is 483 g/mol. The zero-order chi connectivity index (χ0) is 24.4. The molecule has 9 heteroatoms. The summed E-state index contributed by atoms with van der Waals surface area (Å²) in [5.41, 5.74) is 1.21. The van der Waals surface area contributed by atoms with Crippen LogP contribution in [0.4, 0.5) is 17.5 Å². The van der Waals surface area contributed by atoms with Gasteiger partial charge in [-0.3, -0.25) is 9.59 Å². The Morgan fingerprint density at radius 2 is 2.03 bits per heavy atom. The van der Waals surface area contributed by atoms with Gasteiger partial charge in [-0.25, -0.2) is 4.98 Å². The molecule has 0 spiro atoms. The second kappa shape index (κ2) is 10.0. The molecule has 1 atom stereocenters. The molecule has 4 rings (SSSR count). The summed E-state index contributed by atoms with van der Waals surface area (Å²) in [5.74, 6) is 1.98. The molecule has 1 N–H and O–H groups in total. The summed E-state index contributed by atoms with van der Waals surface area (Å²) in [6, 6.07) is 7.29. The first-order valence-electron chi connectivity index (χ1n) is 11.6. The molecule has 0 bridgehead atoms. The van der Waals surface area contributed by atoms with Gasteiger partial charge in [-0.05, 0) is 49.9 Å². The number of halogens is 1. The van der Waals surface area contributed by atoms with E-state index in [1.165, 1.54) is 4.57 Å². The first kappa shape index (κ1) is 24.0. The van der Waals surface area contributed by atoms with Gasteiger partial charge < -0.3 is 19.5 Å². The number of anilines is 3. The van der Waals surface area contributed by atoms with E-state index in [4.69, 9.17) is 16.3 Å². The van der Waals surface area contributed by atoms with Crippen molar-refractivity contribution in [1.29, 1.82) is 0 Å². The molecule has 1 aliphatic heterocycles. The van der Waals surface area contributed by atoms with Crippen molar-refractivity contribution in [1.82, 2.24) is 14.5 Å². The number of piperidine rings is 1. The highest BCUT2D eigenvalue weighted by Crippen LogP contribution is 2.29. The van der Waals surface area contributed by atoms with Crippen molar-refractivity contribution in [2.75, 3.05) is 23.3 Å². The Hall–Kier alpha value is -3.13. The number of nitrogens with zero attached hydrogens (tertiary/aromatic N) is 4. The van der Waals surface area contributed by atoms with Crippen molar-refractivity contribution in [3.05, 3.63) is 45.8 Å². The van der Waals surface area contributed by atoms with E-state index in [0.717, 1.165) is 42.5 Å². The van der Waals surface area contributed by atoms with Crippen LogP contribution in [0.2, 0.25) is 5.02 Å². The fourth-order valence-corrected chi connectivity index (χ4v) is 4.24. The van der Waals surface area contributed by atoms with Crippen LogP contribution in [0, 0.1) is 5.92 Å². The number of pyridine rings is 1. The predicted octanol–water partition coefficient (Wildman–Crippen LogP) is 4.71. The Balaban J connectivity index is 1.63. The van der Waals surface area contributed by atoms with Crippen LogP contribution < -0.4 is 20.5 Å². The minimum atomic E-state index is -0.688. The average Bonchev–Trinajstić information content (AvgIpc) is 2.83. The van der Waals surface area contributed by atoms with E-state index in [9.17, 15) is 9.59 Å². The lowest BCUT2D eigenvalue weighted by atomic mass is 10.00. The number of aryl methyl sites for hydroxylation is 1. The molecule has 0 unspecified atom stereocenters. The van der Waals surface area contributed by atoms with E-state index in [1.807, 2.05) is 18.2 Å². The number of Topliss-reactive ketones (excluding diaryl/α,β-unsaturated/α-hetero) is 1. The Kier molecular flexibility index (Phi) is 7.07. The maximum atomic E-state index is 12.7. The second-order valence-electron chi connectivity index (χ2n) is 8.89. The molecular weight excluding hydrogens is 454 g/mol. The number of benzene rings is 1. The molecular formula is C25H30ClN5O3. The highest BCUT2D eigenvalue weighted by Gasteiger charge is 2.20. The molecule has 3 aromatic rings. The van der Waals surface area contributed by atoms with Crippen LogP contribution in [0.1, 0.15) is 40.0 Å². The Morgan fingerprint density at radius 3 is 2.74 bits per heavy atom. The van der Waals surface area contributed by atoms with Crippen LogP contribution in [-0.4, -0.2) is 39.5 Å². The van der Waals surface area contributed by atoms with Crippen molar-refractivity contribution < 1.29 is 9.53 Å². The molecule has 1 fully saturated rings. The standard InChI is InChI=1S/C25H30ClN5O3/c1-5-21(32)16(3)34-22-13-17-12-18(6-7-20(17)30(4)24(22)33)28-23-19(26)14-27-25(29-23)31-10-8-15(2)9-11-31/h6-7,12-16H,5,8-11H2,1-4H3,(H,27,28,29)/t16-/m0/s1. The topological polar surface area (TPSA) is 89.3 Å². The first-order chi connectivity index (χ1) is 16.3. The molecule has 0 saturated carbocycles. The van der Waals surface area contributed by atoms with Crippen molar-refractivity contribution in [2.45, 2.75) is 46.1 Å². The molecule has 0 amide bonds. The van der Waals surface area contributed by atoms with Gasteiger partial charge in [0, 0.05) is 37.6 Å². The van der Waals surface area contributed by atoms with Gasteiger partial charge in [0.25, 0.3) is 5.56 Å². The first-order valence-corrected chi connectivity index (χ1v) is 12.0. The van der Waals surface area contributed by atoms with E-state index in [0.29, 0.717) is 29.1 Å².